The quantitative estimate of drug-likeness (QED) is 0.245. The van der Waals surface area contributed by atoms with Crippen LogP contribution in [-0.4, -0.2) is 22.8 Å². The van der Waals surface area contributed by atoms with Crippen LogP contribution in [0.5, 0.6) is 0 Å². The van der Waals surface area contributed by atoms with Crippen molar-refractivity contribution >= 4 is 5.97 Å². The van der Waals surface area contributed by atoms with Crippen LogP contribution in [0.25, 0.3) is 0 Å². The van der Waals surface area contributed by atoms with Crippen molar-refractivity contribution < 1.29 is 15.0 Å². The molecule has 0 bridgehead atoms. The Morgan fingerprint density at radius 3 is 1.48 bits per heavy atom. The molecule has 27 heavy (non-hydrogen) atoms. The SMILES string of the molecule is C/C(=C\CC/C=C(\C)CC/C=C(\C)CCC(=O)O)CC/C=C(\C)CCCO. The minimum Gasteiger partial charge on any atom is -0.481 e. The average Bonchev–Trinajstić information content (AvgIpc) is 2.61. The van der Waals surface area contributed by atoms with Crippen molar-refractivity contribution in [1.82, 2.24) is 0 Å². The molecule has 2 N–H and O–H groups in total. The van der Waals surface area contributed by atoms with E-state index in [1.54, 1.807) is 0 Å². The maximum Gasteiger partial charge on any atom is 0.303 e. The zero-order valence-electron chi connectivity index (χ0n) is 17.9. The van der Waals surface area contributed by atoms with Crippen molar-refractivity contribution in [3.63, 3.8) is 0 Å². The Balaban J connectivity index is 3.99. The predicted octanol–water partition coefficient (Wildman–Crippen LogP) is 6.75. The normalized spacial score (nSPS) is 14.0. The number of carboxylic acids is 1. The summed E-state index contributed by atoms with van der Waals surface area (Å²) in [4.78, 5) is 10.6. The van der Waals surface area contributed by atoms with Crippen LogP contribution in [0.2, 0.25) is 0 Å². The van der Waals surface area contributed by atoms with E-state index >= 15 is 0 Å². The molecule has 0 aliphatic carbocycles. The van der Waals surface area contributed by atoms with E-state index in [0.717, 1.165) is 51.4 Å². The van der Waals surface area contributed by atoms with E-state index in [1.165, 1.54) is 22.3 Å². The summed E-state index contributed by atoms with van der Waals surface area (Å²) in [7, 11) is 0. The average molecular weight is 377 g/mol. The van der Waals surface area contributed by atoms with Gasteiger partial charge in [-0.2, -0.15) is 0 Å². The van der Waals surface area contributed by atoms with Gasteiger partial charge in [-0.25, -0.2) is 0 Å². The minimum atomic E-state index is -0.727. The second kappa shape index (κ2) is 16.6. The highest BCUT2D eigenvalue weighted by Crippen LogP contribution is 2.13. The summed E-state index contributed by atoms with van der Waals surface area (Å²) in [5, 5.41) is 17.5. The van der Waals surface area contributed by atoms with Crippen molar-refractivity contribution in [3.05, 3.63) is 46.6 Å². The van der Waals surface area contributed by atoms with E-state index in [9.17, 15) is 4.79 Å². The second-order valence-corrected chi connectivity index (χ2v) is 7.58. The highest BCUT2D eigenvalue weighted by molar-refractivity contribution is 5.66. The molecule has 0 rings (SSSR count). The molecule has 154 valence electrons. The maximum atomic E-state index is 10.6. The first-order chi connectivity index (χ1) is 12.8. The third kappa shape index (κ3) is 17.6. The molecule has 0 fully saturated rings. The molecule has 0 aliphatic heterocycles. The zero-order chi connectivity index (χ0) is 20.5. The van der Waals surface area contributed by atoms with Crippen LogP contribution >= 0.6 is 0 Å². The van der Waals surface area contributed by atoms with Crippen LogP contribution in [0.1, 0.15) is 91.9 Å². The fraction of sp³-hybridized carbons (Fsp3) is 0.625. The molecule has 0 saturated heterocycles. The number of aliphatic hydroxyl groups excluding tert-OH is 1. The molecule has 0 radical (unpaired) electrons. The molecule has 0 heterocycles. The number of carbonyl (C=O) groups is 1. The van der Waals surface area contributed by atoms with Gasteiger partial charge in [-0.1, -0.05) is 46.6 Å². The van der Waals surface area contributed by atoms with E-state index in [1.807, 2.05) is 6.92 Å². The lowest BCUT2D eigenvalue weighted by molar-refractivity contribution is -0.136. The zero-order valence-corrected chi connectivity index (χ0v) is 17.9. The number of aliphatic carboxylic acids is 1. The number of hydrogen-bond donors (Lipinski definition) is 2. The predicted molar refractivity (Wildman–Crippen MR) is 116 cm³/mol. The lowest BCUT2D eigenvalue weighted by Crippen LogP contribution is -1.94. The molecular weight excluding hydrogens is 336 g/mol. The first-order valence-corrected chi connectivity index (χ1v) is 10.3. The van der Waals surface area contributed by atoms with E-state index < -0.39 is 5.97 Å². The topological polar surface area (TPSA) is 57.5 Å². The van der Waals surface area contributed by atoms with Crippen LogP contribution in [-0.2, 0) is 4.79 Å². The molecule has 0 unspecified atom stereocenters. The van der Waals surface area contributed by atoms with Crippen molar-refractivity contribution in [2.45, 2.75) is 91.9 Å². The maximum absolute atomic E-state index is 10.6. The smallest absolute Gasteiger partial charge is 0.303 e. The molecule has 0 saturated carbocycles. The third-order valence-electron chi connectivity index (χ3n) is 4.68. The fourth-order valence-electron chi connectivity index (χ4n) is 2.82. The van der Waals surface area contributed by atoms with Gasteiger partial charge in [0.05, 0.1) is 0 Å². The van der Waals surface area contributed by atoms with Gasteiger partial charge in [0, 0.05) is 13.0 Å². The molecule has 0 amide bonds. The third-order valence-corrected chi connectivity index (χ3v) is 4.68. The summed E-state index contributed by atoms with van der Waals surface area (Å²) in [5.41, 5.74) is 5.40. The molecule has 3 heteroatoms. The van der Waals surface area contributed by atoms with Gasteiger partial charge in [0.25, 0.3) is 0 Å². The Hall–Kier alpha value is -1.61. The summed E-state index contributed by atoms with van der Waals surface area (Å²) in [6.07, 6.45) is 18.3. The van der Waals surface area contributed by atoms with Gasteiger partial charge >= 0.3 is 5.97 Å². The van der Waals surface area contributed by atoms with Crippen LogP contribution in [0.15, 0.2) is 46.6 Å². The minimum absolute atomic E-state index is 0.223. The van der Waals surface area contributed by atoms with Crippen LogP contribution in [0, 0.1) is 0 Å². The Morgan fingerprint density at radius 1 is 0.630 bits per heavy atom. The van der Waals surface area contributed by atoms with Gasteiger partial charge in [0.2, 0.25) is 0 Å². The molecule has 0 atom stereocenters. The van der Waals surface area contributed by atoms with Gasteiger partial charge in [-0.05, 0) is 85.5 Å². The largest absolute Gasteiger partial charge is 0.481 e. The monoisotopic (exact) mass is 376 g/mol. The molecule has 0 aromatic heterocycles. The molecule has 0 aromatic rings. The first kappa shape index (κ1) is 25.4. The number of allylic oxidation sites excluding steroid dienone is 8. The summed E-state index contributed by atoms with van der Waals surface area (Å²) >= 11 is 0. The van der Waals surface area contributed by atoms with Crippen molar-refractivity contribution in [2.24, 2.45) is 0 Å². The highest BCUT2D eigenvalue weighted by atomic mass is 16.4. The van der Waals surface area contributed by atoms with Gasteiger partial charge < -0.3 is 10.2 Å². The lowest BCUT2D eigenvalue weighted by atomic mass is 10.0. The first-order valence-electron chi connectivity index (χ1n) is 10.3. The summed E-state index contributed by atoms with van der Waals surface area (Å²) < 4.78 is 0. The van der Waals surface area contributed by atoms with Gasteiger partial charge in [0.15, 0.2) is 0 Å². The number of rotatable bonds is 15. The van der Waals surface area contributed by atoms with E-state index in [-0.39, 0.29) is 13.0 Å². The Morgan fingerprint density at radius 2 is 1.04 bits per heavy atom. The number of carboxylic acid groups (broad SMARTS) is 1. The molecule has 0 aliphatic rings. The van der Waals surface area contributed by atoms with Crippen molar-refractivity contribution in [3.8, 4) is 0 Å². The summed E-state index contributed by atoms with van der Waals surface area (Å²) in [6, 6.07) is 0. The number of aliphatic hydroxyl groups is 1. The number of hydrogen-bond acceptors (Lipinski definition) is 2. The van der Waals surface area contributed by atoms with Crippen LogP contribution in [0.3, 0.4) is 0 Å². The Labute approximate surface area is 166 Å². The lowest BCUT2D eigenvalue weighted by Gasteiger charge is -2.02. The molecule has 0 spiro atoms. The van der Waals surface area contributed by atoms with Gasteiger partial charge in [-0.3, -0.25) is 4.79 Å². The Bertz CT molecular complexity index is 536. The van der Waals surface area contributed by atoms with Crippen LogP contribution < -0.4 is 0 Å². The van der Waals surface area contributed by atoms with Crippen molar-refractivity contribution in [2.75, 3.05) is 6.61 Å². The van der Waals surface area contributed by atoms with Gasteiger partial charge in [0.1, 0.15) is 0 Å². The standard InChI is InChI=1S/C24H40O3/c1-20(12-7-14-22(3)16-9-19-25)10-5-6-11-21(2)13-8-15-23(4)17-18-24(26)27/h10-11,14-15,25H,5-9,12-13,16-19H2,1-4H3,(H,26,27)/b20-10+,21-11+,22-14+,23-15+. The van der Waals surface area contributed by atoms with Crippen molar-refractivity contribution in [1.29, 1.82) is 0 Å². The summed E-state index contributed by atoms with van der Waals surface area (Å²) in [5.74, 6) is -0.727. The fourth-order valence-corrected chi connectivity index (χ4v) is 2.82. The van der Waals surface area contributed by atoms with Crippen LogP contribution in [0.4, 0.5) is 0 Å². The highest BCUT2D eigenvalue weighted by Gasteiger charge is 1.97. The summed E-state index contributed by atoms with van der Waals surface area (Å²) in [6.45, 7) is 8.82. The molecular formula is C24H40O3. The van der Waals surface area contributed by atoms with E-state index in [4.69, 9.17) is 10.2 Å². The van der Waals surface area contributed by atoms with Gasteiger partial charge in [-0.15, -0.1) is 0 Å². The second-order valence-electron chi connectivity index (χ2n) is 7.58. The number of unbranched alkanes of at least 4 members (excludes halogenated alkanes) is 1. The molecule has 3 nitrogen and oxygen atoms in total. The van der Waals surface area contributed by atoms with E-state index in [2.05, 4.69) is 45.1 Å². The van der Waals surface area contributed by atoms with E-state index in [0.29, 0.717) is 6.42 Å². The molecule has 0 aromatic carbocycles. The Kier molecular flexibility index (Phi) is 15.6.